The zero-order valence-electron chi connectivity index (χ0n) is 10.5. The Kier molecular flexibility index (Phi) is 5.12. The van der Waals surface area contributed by atoms with Gasteiger partial charge in [0.2, 0.25) is 0 Å². The highest BCUT2D eigenvalue weighted by atomic mass is 35.5. The fourth-order valence-corrected chi connectivity index (χ4v) is 2.48. The lowest BCUT2D eigenvalue weighted by Gasteiger charge is -2.09. The Morgan fingerprint density at radius 1 is 0.947 bits per heavy atom. The fraction of sp³-hybridized carbons (Fsp3) is 0.200. The standard InChI is InChI=1S/C15H14Cl3N/c1-2-19-9-11-4-3-10(7-15(11)18)13-8-12(16)5-6-14(13)17/h3-8,19H,2,9H2,1H3. The van der Waals surface area contributed by atoms with Gasteiger partial charge in [-0.05, 0) is 41.9 Å². The first-order valence-corrected chi connectivity index (χ1v) is 7.19. The molecule has 2 aromatic rings. The van der Waals surface area contributed by atoms with Gasteiger partial charge in [0, 0.05) is 27.2 Å². The third kappa shape index (κ3) is 3.64. The number of halogens is 3. The van der Waals surface area contributed by atoms with Gasteiger partial charge < -0.3 is 5.32 Å². The lowest BCUT2D eigenvalue weighted by molar-refractivity contribution is 0.727. The van der Waals surface area contributed by atoms with Crippen molar-refractivity contribution < 1.29 is 0 Å². The molecule has 0 saturated carbocycles. The second kappa shape index (κ2) is 6.62. The summed E-state index contributed by atoms with van der Waals surface area (Å²) in [5.41, 5.74) is 2.94. The van der Waals surface area contributed by atoms with Gasteiger partial charge in [-0.1, -0.05) is 53.9 Å². The Hall–Kier alpha value is -0.730. The Labute approximate surface area is 128 Å². The van der Waals surface area contributed by atoms with Gasteiger partial charge in [0.1, 0.15) is 0 Å². The van der Waals surface area contributed by atoms with E-state index in [2.05, 4.69) is 12.2 Å². The Bertz CT molecular complexity index is 582. The molecule has 2 aromatic carbocycles. The second-order valence-electron chi connectivity index (χ2n) is 4.21. The van der Waals surface area contributed by atoms with Crippen LogP contribution in [0.3, 0.4) is 0 Å². The SMILES string of the molecule is CCNCc1ccc(-c2cc(Cl)ccc2Cl)cc1Cl. The molecule has 1 nitrogen and oxygen atoms in total. The van der Waals surface area contributed by atoms with Crippen molar-refractivity contribution in [1.29, 1.82) is 0 Å². The van der Waals surface area contributed by atoms with Gasteiger partial charge in [-0.2, -0.15) is 0 Å². The van der Waals surface area contributed by atoms with Crippen molar-refractivity contribution in [1.82, 2.24) is 5.32 Å². The minimum atomic E-state index is 0.659. The maximum absolute atomic E-state index is 6.29. The molecule has 0 aliphatic rings. The van der Waals surface area contributed by atoms with E-state index in [4.69, 9.17) is 34.8 Å². The van der Waals surface area contributed by atoms with Crippen molar-refractivity contribution >= 4 is 34.8 Å². The number of benzene rings is 2. The van der Waals surface area contributed by atoms with Crippen LogP contribution in [0.4, 0.5) is 0 Å². The maximum Gasteiger partial charge on any atom is 0.0485 e. The molecule has 0 amide bonds. The first-order chi connectivity index (χ1) is 9.11. The highest BCUT2D eigenvalue weighted by Gasteiger charge is 2.07. The monoisotopic (exact) mass is 313 g/mol. The van der Waals surface area contributed by atoms with E-state index in [1.807, 2.05) is 24.3 Å². The Morgan fingerprint density at radius 2 is 1.74 bits per heavy atom. The van der Waals surface area contributed by atoms with Crippen molar-refractivity contribution in [3.05, 3.63) is 57.0 Å². The first-order valence-electron chi connectivity index (χ1n) is 6.06. The molecular formula is C15H14Cl3N. The van der Waals surface area contributed by atoms with Crippen molar-refractivity contribution in [2.45, 2.75) is 13.5 Å². The van der Waals surface area contributed by atoms with Crippen molar-refractivity contribution in [3.8, 4) is 11.1 Å². The molecule has 0 aromatic heterocycles. The largest absolute Gasteiger partial charge is 0.313 e. The van der Waals surface area contributed by atoms with Crippen LogP contribution in [-0.2, 0) is 6.54 Å². The minimum Gasteiger partial charge on any atom is -0.313 e. The molecule has 0 fully saturated rings. The number of hydrogen-bond donors (Lipinski definition) is 1. The molecule has 0 bridgehead atoms. The van der Waals surface area contributed by atoms with Crippen LogP contribution in [0.1, 0.15) is 12.5 Å². The smallest absolute Gasteiger partial charge is 0.0485 e. The van der Waals surface area contributed by atoms with E-state index in [1.165, 1.54) is 0 Å². The topological polar surface area (TPSA) is 12.0 Å². The highest BCUT2D eigenvalue weighted by Crippen LogP contribution is 2.32. The van der Waals surface area contributed by atoms with Crippen molar-refractivity contribution in [3.63, 3.8) is 0 Å². The summed E-state index contributed by atoms with van der Waals surface area (Å²) in [7, 11) is 0. The number of hydrogen-bond acceptors (Lipinski definition) is 1. The summed E-state index contributed by atoms with van der Waals surface area (Å²) in [5.74, 6) is 0. The lowest BCUT2D eigenvalue weighted by Crippen LogP contribution is -2.11. The maximum atomic E-state index is 6.29. The van der Waals surface area contributed by atoms with Gasteiger partial charge in [-0.25, -0.2) is 0 Å². The average molecular weight is 315 g/mol. The van der Waals surface area contributed by atoms with Crippen LogP contribution in [0.15, 0.2) is 36.4 Å². The molecule has 0 radical (unpaired) electrons. The summed E-state index contributed by atoms with van der Waals surface area (Å²) in [6, 6.07) is 11.4. The van der Waals surface area contributed by atoms with Gasteiger partial charge >= 0.3 is 0 Å². The molecule has 0 spiro atoms. The Balaban J connectivity index is 2.36. The highest BCUT2D eigenvalue weighted by molar-refractivity contribution is 6.35. The van der Waals surface area contributed by atoms with Crippen LogP contribution < -0.4 is 5.32 Å². The van der Waals surface area contributed by atoms with E-state index in [-0.39, 0.29) is 0 Å². The molecule has 19 heavy (non-hydrogen) atoms. The summed E-state index contributed by atoms with van der Waals surface area (Å²) >= 11 is 18.5. The molecule has 0 aliphatic carbocycles. The second-order valence-corrected chi connectivity index (χ2v) is 5.46. The van der Waals surface area contributed by atoms with Gasteiger partial charge in [-0.3, -0.25) is 0 Å². The molecule has 0 saturated heterocycles. The van der Waals surface area contributed by atoms with Gasteiger partial charge in [0.15, 0.2) is 0 Å². The molecule has 4 heteroatoms. The minimum absolute atomic E-state index is 0.659. The summed E-state index contributed by atoms with van der Waals surface area (Å²) in [6.07, 6.45) is 0. The molecule has 1 N–H and O–H groups in total. The van der Waals surface area contributed by atoms with E-state index in [0.29, 0.717) is 10.0 Å². The van der Waals surface area contributed by atoms with Crippen molar-refractivity contribution in [2.24, 2.45) is 0 Å². The van der Waals surface area contributed by atoms with Crippen LogP contribution in [0.25, 0.3) is 11.1 Å². The van der Waals surface area contributed by atoms with E-state index >= 15 is 0 Å². The van der Waals surface area contributed by atoms with Crippen LogP contribution in [0.5, 0.6) is 0 Å². The predicted molar refractivity (Wildman–Crippen MR) is 84.3 cm³/mol. The molecule has 2 rings (SSSR count). The summed E-state index contributed by atoms with van der Waals surface area (Å²) in [5, 5.41) is 5.31. The predicted octanol–water partition coefficient (Wildman–Crippen LogP) is 5.42. The van der Waals surface area contributed by atoms with Crippen LogP contribution >= 0.6 is 34.8 Å². The van der Waals surface area contributed by atoms with E-state index < -0.39 is 0 Å². The quantitative estimate of drug-likeness (QED) is 0.794. The van der Waals surface area contributed by atoms with E-state index in [0.717, 1.165) is 34.8 Å². The van der Waals surface area contributed by atoms with Gasteiger partial charge in [-0.15, -0.1) is 0 Å². The zero-order chi connectivity index (χ0) is 13.8. The molecule has 0 unspecified atom stereocenters. The van der Waals surface area contributed by atoms with E-state index in [9.17, 15) is 0 Å². The van der Waals surface area contributed by atoms with Crippen molar-refractivity contribution in [2.75, 3.05) is 6.54 Å². The summed E-state index contributed by atoms with van der Waals surface area (Å²) < 4.78 is 0. The molecule has 0 atom stereocenters. The molecular weight excluding hydrogens is 301 g/mol. The molecule has 0 aliphatic heterocycles. The van der Waals surface area contributed by atoms with Crippen LogP contribution in [-0.4, -0.2) is 6.54 Å². The summed E-state index contributed by atoms with van der Waals surface area (Å²) in [4.78, 5) is 0. The Morgan fingerprint density at radius 3 is 2.42 bits per heavy atom. The summed E-state index contributed by atoms with van der Waals surface area (Å²) in [6.45, 7) is 3.74. The lowest BCUT2D eigenvalue weighted by atomic mass is 10.0. The van der Waals surface area contributed by atoms with Gasteiger partial charge in [0.05, 0.1) is 0 Å². The number of rotatable bonds is 4. The third-order valence-corrected chi connectivity index (χ3v) is 3.77. The number of nitrogens with one attached hydrogen (secondary N) is 1. The molecule has 100 valence electrons. The zero-order valence-corrected chi connectivity index (χ0v) is 12.8. The van der Waals surface area contributed by atoms with Crippen LogP contribution in [0.2, 0.25) is 15.1 Å². The van der Waals surface area contributed by atoms with Crippen LogP contribution in [0, 0.1) is 0 Å². The molecule has 0 heterocycles. The average Bonchev–Trinajstić information content (AvgIpc) is 2.40. The van der Waals surface area contributed by atoms with E-state index in [1.54, 1.807) is 12.1 Å². The normalized spacial score (nSPS) is 10.7. The fourth-order valence-electron chi connectivity index (χ4n) is 1.84. The van der Waals surface area contributed by atoms with Gasteiger partial charge in [0.25, 0.3) is 0 Å². The first kappa shape index (κ1) is 14.7. The third-order valence-electron chi connectivity index (χ3n) is 2.86.